The zero-order valence-electron chi connectivity index (χ0n) is 10.1. The van der Waals surface area contributed by atoms with Crippen LogP contribution in [0, 0.1) is 12.8 Å². The molecular weight excluding hydrogens is 234 g/mol. The number of hydrogen-bond donors (Lipinski definition) is 2. The topological polar surface area (TPSA) is 75.6 Å². The van der Waals surface area contributed by atoms with Crippen molar-refractivity contribution in [1.29, 1.82) is 0 Å². The lowest BCUT2D eigenvalue weighted by Crippen LogP contribution is -2.24. The van der Waals surface area contributed by atoms with Crippen molar-refractivity contribution in [2.24, 2.45) is 5.92 Å². The molecule has 1 aromatic rings. The smallest absolute Gasteiger partial charge is 0.307 e. The highest BCUT2D eigenvalue weighted by molar-refractivity contribution is 6.12. The zero-order valence-corrected chi connectivity index (χ0v) is 10.1. The first kappa shape index (κ1) is 11.1. The number of rotatable bonds is 2. The van der Waals surface area contributed by atoms with Gasteiger partial charge in [-0.2, -0.15) is 0 Å². The summed E-state index contributed by atoms with van der Waals surface area (Å²) in [6, 6.07) is 3.60. The number of ether oxygens (including phenoxy) is 1. The highest BCUT2D eigenvalue weighted by Gasteiger charge is 2.68. The fourth-order valence-electron chi connectivity index (χ4n) is 2.85. The van der Waals surface area contributed by atoms with Crippen LogP contribution in [0.25, 0.3) is 0 Å². The van der Waals surface area contributed by atoms with Crippen LogP contribution in [0.3, 0.4) is 0 Å². The van der Waals surface area contributed by atoms with Gasteiger partial charge in [0.15, 0.2) is 0 Å². The molecule has 0 saturated heterocycles. The Morgan fingerprint density at radius 2 is 2.28 bits per heavy atom. The van der Waals surface area contributed by atoms with Gasteiger partial charge in [-0.1, -0.05) is 0 Å². The highest BCUT2D eigenvalue weighted by atomic mass is 16.5. The lowest BCUT2D eigenvalue weighted by molar-refractivity contribution is -0.140. The zero-order chi connectivity index (χ0) is 13.1. The van der Waals surface area contributed by atoms with E-state index in [4.69, 9.17) is 9.84 Å². The Kier molecular flexibility index (Phi) is 2.00. The molecule has 1 aliphatic carbocycles. The fraction of sp³-hybridized carbons (Fsp3) is 0.385. The largest absolute Gasteiger partial charge is 0.497 e. The van der Waals surface area contributed by atoms with Crippen molar-refractivity contribution in [3.8, 4) is 5.75 Å². The number of fused-ring (bicyclic) bond motifs is 2. The monoisotopic (exact) mass is 247 g/mol. The summed E-state index contributed by atoms with van der Waals surface area (Å²) in [6.07, 6.45) is 0.369. The van der Waals surface area contributed by atoms with E-state index in [-0.39, 0.29) is 5.91 Å². The van der Waals surface area contributed by atoms with Crippen LogP contribution < -0.4 is 10.1 Å². The number of carbonyl (C=O) groups excluding carboxylic acids is 1. The summed E-state index contributed by atoms with van der Waals surface area (Å²) in [5.41, 5.74) is 1.52. The van der Waals surface area contributed by atoms with Gasteiger partial charge in [-0.05, 0) is 36.6 Å². The molecule has 2 aliphatic rings. The molecule has 5 heteroatoms. The summed E-state index contributed by atoms with van der Waals surface area (Å²) in [5, 5.41) is 11.9. The molecule has 1 aromatic carbocycles. The van der Waals surface area contributed by atoms with E-state index in [1.165, 1.54) is 0 Å². The summed E-state index contributed by atoms with van der Waals surface area (Å²) in [7, 11) is 1.56. The number of amides is 1. The maximum Gasteiger partial charge on any atom is 0.307 e. The first-order chi connectivity index (χ1) is 8.50. The third-order valence-corrected chi connectivity index (χ3v) is 3.93. The van der Waals surface area contributed by atoms with Crippen molar-refractivity contribution in [2.75, 3.05) is 12.4 Å². The van der Waals surface area contributed by atoms with Crippen molar-refractivity contribution in [2.45, 2.75) is 18.8 Å². The molecule has 18 heavy (non-hydrogen) atoms. The molecule has 0 radical (unpaired) electrons. The molecule has 94 valence electrons. The summed E-state index contributed by atoms with van der Waals surface area (Å²) in [6.45, 7) is 1.87. The molecule has 1 spiro atoms. The van der Waals surface area contributed by atoms with E-state index in [1.807, 2.05) is 13.0 Å². The van der Waals surface area contributed by atoms with Gasteiger partial charge in [0, 0.05) is 5.69 Å². The van der Waals surface area contributed by atoms with E-state index in [1.54, 1.807) is 13.2 Å². The predicted octanol–water partition coefficient (Wildman–Crippen LogP) is 1.30. The van der Waals surface area contributed by atoms with Gasteiger partial charge in [-0.15, -0.1) is 0 Å². The maximum absolute atomic E-state index is 12.1. The number of methoxy groups -OCH3 is 1. The lowest BCUT2D eigenvalue weighted by atomic mass is 9.93. The molecule has 2 unspecified atom stereocenters. The van der Waals surface area contributed by atoms with Crippen LogP contribution in [0.2, 0.25) is 0 Å². The van der Waals surface area contributed by atoms with E-state index in [0.29, 0.717) is 12.2 Å². The van der Waals surface area contributed by atoms with Crippen LogP contribution in [0.15, 0.2) is 12.1 Å². The summed E-state index contributed by atoms with van der Waals surface area (Å²) in [5.74, 6) is -1.09. The quantitative estimate of drug-likeness (QED) is 0.825. The molecule has 0 aromatic heterocycles. The average Bonchev–Trinajstić information content (AvgIpc) is 3.01. The minimum absolute atomic E-state index is 0.207. The SMILES string of the molecule is COc1cc(C)c2c(c1)C1(CC1C(=O)O)C(=O)N2. The molecule has 0 bridgehead atoms. The van der Waals surface area contributed by atoms with Crippen molar-refractivity contribution >= 4 is 17.6 Å². The number of hydrogen-bond acceptors (Lipinski definition) is 3. The number of carboxylic acids is 1. The molecule has 1 heterocycles. The number of nitrogens with one attached hydrogen (secondary N) is 1. The second-order valence-electron chi connectivity index (χ2n) is 4.89. The van der Waals surface area contributed by atoms with Crippen molar-refractivity contribution in [1.82, 2.24) is 0 Å². The lowest BCUT2D eigenvalue weighted by Gasteiger charge is -2.10. The van der Waals surface area contributed by atoms with Gasteiger partial charge in [-0.25, -0.2) is 0 Å². The van der Waals surface area contributed by atoms with Crippen molar-refractivity contribution in [3.05, 3.63) is 23.3 Å². The molecule has 5 nitrogen and oxygen atoms in total. The van der Waals surface area contributed by atoms with Gasteiger partial charge in [-0.3, -0.25) is 9.59 Å². The molecule has 3 rings (SSSR count). The Morgan fingerprint density at radius 1 is 1.56 bits per heavy atom. The van der Waals surface area contributed by atoms with Gasteiger partial charge >= 0.3 is 5.97 Å². The Morgan fingerprint density at radius 3 is 2.83 bits per heavy atom. The summed E-state index contributed by atoms with van der Waals surface area (Å²) < 4.78 is 5.19. The second-order valence-corrected chi connectivity index (χ2v) is 4.89. The van der Waals surface area contributed by atoms with Crippen LogP contribution >= 0.6 is 0 Å². The molecule has 1 fully saturated rings. The number of carbonyl (C=O) groups is 2. The van der Waals surface area contributed by atoms with Crippen molar-refractivity contribution in [3.63, 3.8) is 0 Å². The first-order valence-electron chi connectivity index (χ1n) is 5.74. The van der Waals surface area contributed by atoms with E-state index in [0.717, 1.165) is 16.8 Å². The van der Waals surface area contributed by atoms with Gasteiger partial charge in [0.1, 0.15) is 5.75 Å². The van der Waals surface area contributed by atoms with E-state index < -0.39 is 17.3 Å². The molecule has 1 saturated carbocycles. The van der Waals surface area contributed by atoms with Gasteiger partial charge in [0.05, 0.1) is 18.4 Å². The predicted molar refractivity (Wildman–Crippen MR) is 63.8 cm³/mol. The van der Waals surface area contributed by atoms with Crippen LogP contribution in [-0.4, -0.2) is 24.1 Å². The summed E-state index contributed by atoms with van der Waals surface area (Å²) >= 11 is 0. The molecule has 2 N–H and O–H groups in total. The van der Waals surface area contributed by atoms with Crippen LogP contribution in [-0.2, 0) is 15.0 Å². The summed E-state index contributed by atoms with van der Waals surface area (Å²) in [4.78, 5) is 23.2. The Labute approximate surface area is 104 Å². The van der Waals surface area contributed by atoms with Crippen LogP contribution in [0.4, 0.5) is 5.69 Å². The molecule has 2 atom stereocenters. The van der Waals surface area contributed by atoms with Gasteiger partial charge in [0.25, 0.3) is 0 Å². The Hall–Kier alpha value is -2.04. The number of aliphatic carboxylic acids is 1. The number of carboxylic acid groups (broad SMARTS) is 1. The van der Waals surface area contributed by atoms with Crippen molar-refractivity contribution < 1.29 is 19.4 Å². The van der Waals surface area contributed by atoms with Gasteiger partial charge < -0.3 is 15.2 Å². The Balaban J connectivity index is 2.16. The molecule has 1 amide bonds. The third-order valence-electron chi connectivity index (χ3n) is 3.93. The second kappa shape index (κ2) is 3.25. The third kappa shape index (κ3) is 1.16. The standard InChI is InChI=1S/C13H13NO4/c1-6-3-7(18-2)4-8-10(6)14-12(17)13(8)5-9(13)11(15)16/h3-4,9H,5H2,1-2H3,(H,14,17)(H,15,16). The number of anilines is 1. The van der Waals surface area contributed by atoms with E-state index >= 15 is 0 Å². The highest BCUT2D eigenvalue weighted by Crippen LogP contribution is 2.61. The first-order valence-corrected chi connectivity index (χ1v) is 5.74. The number of aryl methyl sites for hydroxylation is 1. The average molecular weight is 247 g/mol. The minimum Gasteiger partial charge on any atom is -0.497 e. The maximum atomic E-state index is 12.1. The number of benzene rings is 1. The van der Waals surface area contributed by atoms with E-state index in [9.17, 15) is 9.59 Å². The normalized spacial score (nSPS) is 27.9. The molecular formula is C13H13NO4. The van der Waals surface area contributed by atoms with E-state index in [2.05, 4.69) is 5.32 Å². The van der Waals surface area contributed by atoms with Crippen LogP contribution in [0.1, 0.15) is 17.5 Å². The van der Waals surface area contributed by atoms with Crippen LogP contribution in [0.5, 0.6) is 5.75 Å². The fourth-order valence-corrected chi connectivity index (χ4v) is 2.85. The van der Waals surface area contributed by atoms with Gasteiger partial charge in [0.2, 0.25) is 5.91 Å². The Bertz CT molecular complexity index is 581. The minimum atomic E-state index is -0.918. The molecule has 1 aliphatic heterocycles.